The van der Waals surface area contributed by atoms with Gasteiger partial charge in [0.25, 0.3) is 0 Å². The van der Waals surface area contributed by atoms with Crippen molar-refractivity contribution in [2.24, 2.45) is 0 Å². The van der Waals surface area contributed by atoms with Gasteiger partial charge in [-0.05, 0) is 43.7 Å². The van der Waals surface area contributed by atoms with Gasteiger partial charge in [0.15, 0.2) is 5.43 Å². The van der Waals surface area contributed by atoms with Crippen LogP contribution in [0.3, 0.4) is 0 Å². The van der Waals surface area contributed by atoms with Crippen LogP contribution in [0.4, 0.5) is 0 Å². The highest BCUT2D eigenvalue weighted by atomic mass is 35.5. The smallest absolute Gasteiger partial charge is 0.200 e. The summed E-state index contributed by atoms with van der Waals surface area (Å²) < 4.78 is 17.4. The molecule has 1 saturated heterocycles. The average molecular weight is 414 g/mol. The zero-order valence-corrected chi connectivity index (χ0v) is 17.3. The molecular formula is C23H24ClNO4. The predicted molar refractivity (Wildman–Crippen MR) is 115 cm³/mol. The summed E-state index contributed by atoms with van der Waals surface area (Å²) in [4.78, 5) is 15.2. The van der Waals surface area contributed by atoms with E-state index in [1.165, 1.54) is 6.26 Å². The maximum Gasteiger partial charge on any atom is 0.200 e. The Morgan fingerprint density at radius 3 is 2.55 bits per heavy atom. The number of ether oxygens (including phenoxy) is 2. The van der Waals surface area contributed by atoms with Crippen LogP contribution in [0.15, 0.2) is 57.9 Å². The molecule has 0 bridgehead atoms. The summed E-state index contributed by atoms with van der Waals surface area (Å²) in [5, 5.41) is 1.15. The zero-order chi connectivity index (χ0) is 20.4. The van der Waals surface area contributed by atoms with Gasteiger partial charge in [0, 0.05) is 30.7 Å². The highest BCUT2D eigenvalue weighted by molar-refractivity contribution is 6.30. The number of fused-ring (bicyclic) bond motifs is 1. The van der Waals surface area contributed by atoms with Crippen LogP contribution < -0.4 is 10.2 Å². The van der Waals surface area contributed by atoms with E-state index in [9.17, 15) is 4.79 Å². The van der Waals surface area contributed by atoms with Gasteiger partial charge in [0.05, 0.1) is 23.2 Å². The number of halogens is 1. The minimum Gasteiger partial charge on any atom is -0.492 e. The average Bonchev–Trinajstić information content (AvgIpc) is 2.68. The third-order valence-electron chi connectivity index (χ3n) is 5.07. The van der Waals surface area contributed by atoms with E-state index < -0.39 is 0 Å². The molecule has 5 nitrogen and oxygen atoms in total. The topological polar surface area (TPSA) is 51.9 Å². The number of hydrogen-bond donors (Lipinski definition) is 0. The van der Waals surface area contributed by atoms with Gasteiger partial charge in [0.2, 0.25) is 0 Å². The number of hydrogen-bond acceptors (Lipinski definition) is 5. The molecule has 0 saturated carbocycles. The lowest BCUT2D eigenvalue weighted by Crippen LogP contribution is -2.46. The lowest BCUT2D eigenvalue weighted by molar-refractivity contribution is -0.0699. The minimum absolute atomic E-state index is 0.0728. The molecule has 1 aliphatic heterocycles. The first-order chi connectivity index (χ1) is 14.0. The third kappa shape index (κ3) is 4.64. The summed E-state index contributed by atoms with van der Waals surface area (Å²) in [5.41, 5.74) is 1.73. The monoisotopic (exact) mass is 413 g/mol. The lowest BCUT2D eigenvalue weighted by Gasteiger charge is -2.35. The van der Waals surface area contributed by atoms with Gasteiger partial charge < -0.3 is 13.9 Å². The van der Waals surface area contributed by atoms with Crippen molar-refractivity contribution in [3.63, 3.8) is 0 Å². The van der Waals surface area contributed by atoms with Crippen LogP contribution >= 0.6 is 11.6 Å². The molecule has 2 heterocycles. The van der Waals surface area contributed by atoms with Crippen molar-refractivity contribution in [3.05, 3.63) is 64.0 Å². The van der Waals surface area contributed by atoms with E-state index >= 15 is 0 Å². The van der Waals surface area contributed by atoms with Crippen LogP contribution in [-0.4, -0.2) is 43.3 Å². The SMILES string of the molecule is CC1CN(CCOc2ccc3c(=O)c(-c4ccc(Cl)cc4)coc3c2)CC(C)O1. The Morgan fingerprint density at radius 1 is 1.10 bits per heavy atom. The van der Waals surface area contributed by atoms with Crippen molar-refractivity contribution >= 4 is 22.6 Å². The van der Waals surface area contributed by atoms with E-state index in [4.69, 9.17) is 25.5 Å². The van der Waals surface area contributed by atoms with E-state index in [0.717, 1.165) is 25.2 Å². The Hall–Kier alpha value is -2.34. The quantitative estimate of drug-likeness (QED) is 0.611. The third-order valence-corrected chi connectivity index (χ3v) is 5.32. The first-order valence-electron chi connectivity index (χ1n) is 9.82. The Morgan fingerprint density at radius 2 is 1.83 bits per heavy atom. The van der Waals surface area contributed by atoms with Crippen LogP contribution in [0.1, 0.15) is 13.8 Å². The van der Waals surface area contributed by atoms with Crippen LogP contribution in [0.25, 0.3) is 22.1 Å². The summed E-state index contributed by atoms with van der Waals surface area (Å²) in [7, 11) is 0. The van der Waals surface area contributed by atoms with Gasteiger partial charge in [-0.1, -0.05) is 23.7 Å². The van der Waals surface area contributed by atoms with E-state index in [1.807, 2.05) is 18.2 Å². The highest BCUT2D eigenvalue weighted by Gasteiger charge is 2.21. The van der Waals surface area contributed by atoms with Crippen molar-refractivity contribution < 1.29 is 13.9 Å². The standard InChI is InChI=1S/C23H24ClNO4/c1-15-12-25(13-16(2)29-15)9-10-27-19-7-8-20-22(11-19)28-14-21(23(20)26)17-3-5-18(24)6-4-17/h3-8,11,14-16H,9-10,12-13H2,1-2H3. The van der Waals surface area contributed by atoms with Crippen LogP contribution in [0, 0.1) is 0 Å². The Balaban J connectivity index is 1.46. The first-order valence-corrected chi connectivity index (χ1v) is 10.2. The molecule has 6 heteroatoms. The lowest BCUT2D eigenvalue weighted by atomic mass is 10.1. The Labute approximate surface area is 174 Å². The Bertz CT molecular complexity index is 1040. The van der Waals surface area contributed by atoms with Gasteiger partial charge in [0.1, 0.15) is 24.2 Å². The molecule has 4 rings (SSSR count). The maximum absolute atomic E-state index is 12.9. The van der Waals surface area contributed by atoms with Gasteiger partial charge in [-0.2, -0.15) is 0 Å². The minimum atomic E-state index is -0.0728. The molecule has 0 amide bonds. The van der Waals surface area contributed by atoms with Crippen LogP contribution in [0.2, 0.25) is 5.02 Å². The normalized spacial score (nSPS) is 20.1. The van der Waals surface area contributed by atoms with E-state index in [-0.39, 0.29) is 17.6 Å². The van der Waals surface area contributed by atoms with E-state index in [1.54, 1.807) is 24.3 Å². The second-order valence-electron chi connectivity index (χ2n) is 7.51. The fraction of sp³-hybridized carbons (Fsp3) is 0.348. The largest absolute Gasteiger partial charge is 0.492 e. The first kappa shape index (κ1) is 20.0. The van der Waals surface area contributed by atoms with Gasteiger partial charge in [-0.15, -0.1) is 0 Å². The zero-order valence-electron chi connectivity index (χ0n) is 16.6. The highest BCUT2D eigenvalue weighted by Crippen LogP contribution is 2.24. The molecule has 3 aromatic rings. The summed E-state index contributed by atoms with van der Waals surface area (Å²) >= 11 is 5.93. The van der Waals surface area contributed by atoms with Crippen molar-refractivity contribution in [2.75, 3.05) is 26.2 Å². The molecule has 152 valence electrons. The van der Waals surface area contributed by atoms with Crippen molar-refractivity contribution in [1.29, 1.82) is 0 Å². The fourth-order valence-electron chi connectivity index (χ4n) is 3.79. The molecule has 2 atom stereocenters. The fourth-order valence-corrected chi connectivity index (χ4v) is 3.91. The molecule has 0 spiro atoms. The number of benzene rings is 2. The van der Waals surface area contributed by atoms with Crippen LogP contribution in [-0.2, 0) is 4.74 Å². The summed E-state index contributed by atoms with van der Waals surface area (Å²) in [6, 6.07) is 12.5. The molecule has 0 N–H and O–H groups in total. The molecule has 0 radical (unpaired) electrons. The number of morpholine rings is 1. The summed E-state index contributed by atoms with van der Waals surface area (Å²) in [6.07, 6.45) is 1.97. The van der Waals surface area contributed by atoms with E-state index in [0.29, 0.717) is 33.9 Å². The second-order valence-corrected chi connectivity index (χ2v) is 7.95. The van der Waals surface area contributed by atoms with Gasteiger partial charge in [-0.3, -0.25) is 9.69 Å². The Kier molecular flexibility index (Phi) is 5.90. The molecule has 0 aliphatic carbocycles. The van der Waals surface area contributed by atoms with Gasteiger partial charge in [-0.25, -0.2) is 0 Å². The second kappa shape index (κ2) is 8.57. The number of nitrogens with zero attached hydrogens (tertiary/aromatic N) is 1. The van der Waals surface area contributed by atoms with Crippen LogP contribution in [0.5, 0.6) is 5.75 Å². The summed E-state index contributed by atoms with van der Waals surface area (Å²) in [5.74, 6) is 0.689. The molecule has 1 aromatic heterocycles. The molecule has 1 aliphatic rings. The number of rotatable bonds is 5. The van der Waals surface area contributed by atoms with E-state index in [2.05, 4.69) is 18.7 Å². The maximum atomic E-state index is 12.9. The molecule has 29 heavy (non-hydrogen) atoms. The molecule has 2 unspecified atom stereocenters. The molecular weight excluding hydrogens is 390 g/mol. The van der Waals surface area contributed by atoms with Crippen molar-refractivity contribution in [2.45, 2.75) is 26.1 Å². The van der Waals surface area contributed by atoms with Gasteiger partial charge >= 0.3 is 0 Å². The van der Waals surface area contributed by atoms with Crippen molar-refractivity contribution in [1.82, 2.24) is 4.90 Å². The molecule has 2 aromatic carbocycles. The summed E-state index contributed by atoms with van der Waals surface area (Å²) in [6.45, 7) is 7.40. The molecule has 1 fully saturated rings. The van der Waals surface area contributed by atoms with Crippen molar-refractivity contribution in [3.8, 4) is 16.9 Å². The predicted octanol–water partition coefficient (Wildman–Crippen LogP) is 4.60.